The molecule has 1 aliphatic carbocycles. The largest absolute Gasteiger partial charge is 0.153 e. The van der Waals surface area contributed by atoms with Gasteiger partial charge in [0, 0.05) is 0 Å². The Hall–Kier alpha value is -0.195. The van der Waals surface area contributed by atoms with Crippen molar-refractivity contribution in [1.82, 2.24) is 0 Å². The van der Waals surface area contributed by atoms with E-state index in [0.29, 0.717) is 0 Å². The first-order valence-corrected chi connectivity index (χ1v) is 7.62. The number of hydrogen-bond donors (Lipinski definition) is 0. The van der Waals surface area contributed by atoms with Gasteiger partial charge in [0.1, 0.15) is 0 Å². The van der Waals surface area contributed by atoms with Crippen LogP contribution in [0.5, 0.6) is 0 Å². The van der Waals surface area contributed by atoms with Crippen LogP contribution >= 0.6 is 0 Å². The Balaban J connectivity index is 1.75. The van der Waals surface area contributed by atoms with E-state index in [2.05, 4.69) is 12.2 Å². The van der Waals surface area contributed by atoms with E-state index in [-0.39, 0.29) is 0 Å². The van der Waals surface area contributed by atoms with Crippen LogP contribution in [0.2, 0.25) is 17.5 Å². The van der Waals surface area contributed by atoms with Gasteiger partial charge >= 0.3 is 0 Å². The van der Waals surface area contributed by atoms with Gasteiger partial charge in [-0.2, -0.15) is 0 Å². The van der Waals surface area contributed by atoms with Gasteiger partial charge in [-0.1, -0.05) is 75.2 Å². The summed E-state index contributed by atoms with van der Waals surface area (Å²) in [5, 5.41) is 0. The molecule has 3 rings (SSSR count). The Morgan fingerprint density at radius 1 is 0.750 bits per heavy atom. The van der Waals surface area contributed by atoms with E-state index in [1.807, 2.05) is 0 Å². The molecule has 1 heteroatoms. The molecule has 1 atom stereocenters. The van der Waals surface area contributed by atoms with Crippen molar-refractivity contribution in [1.29, 1.82) is 0 Å². The maximum atomic E-state index is 2.61. The molecule has 16 heavy (non-hydrogen) atoms. The predicted octanol–water partition coefficient (Wildman–Crippen LogP) is 5.09. The molecule has 88 valence electrons. The lowest BCUT2D eigenvalue weighted by molar-refractivity contribution is 0.435. The average Bonchev–Trinajstić information content (AvgIpc) is 2.56. The molecule has 2 fully saturated rings. The summed E-state index contributed by atoms with van der Waals surface area (Å²) in [6.45, 7) is 1.08. The van der Waals surface area contributed by atoms with Crippen molar-refractivity contribution in [3.8, 4) is 0 Å². The fourth-order valence-corrected chi connectivity index (χ4v) is 4.76. The molecule has 0 radical (unpaired) electrons. The van der Waals surface area contributed by atoms with Crippen molar-refractivity contribution in [2.24, 2.45) is 0 Å². The van der Waals surface area contributed by atoms with Crippen molar-refractivity contribution in [3.63, 3.8) is 0 Å². The second-order valence-corrected chi connectivity index (χ2v) is 6.34. The maximum Gasteiger partial charge on any atom is 0.153 e. The van der Waals surface area contributed by atoms with Gasteiger partial charge in [0.15, 0.2) is 6.71 Å². The standard InChI is InChI=1S/C15H25B/c1-2-4-8-13(7-3-1)16-14-9-5-10-15(16)12-6-11-14/h3,7,13-15H,1-2,4-6,8-12H2. The van der Waals surface area contributed by atoms with Crippen molar-refractivity contribution in [3.05, 3.63) is 12.2 Å². The molecule has 0 aromatic rings. The summed E-state index contributed by atoms with van der Waals surface area (Å²) in [6.07, 6.45) is 20.1. The van der Waals surface area contributed by atoms with E-state index >= 15 is 0 Å². The van der Waals surface area contributed by atoms with Gasteiger partial charge in [-0.3, -0.25) is 0 Å². The zero-order valence-electron chi connectivity index (χ0n) is 10.5. The summed E-state index contributed by atoms with van der Waals surface area (Å²) < 4.78 is 0. The van der Waals surface area contributed by atoms with Gasteiger partial charge < -0.3 is 0 Å². The molecule has 2 bridgehead atoms. The highest BCUT2D eigenvalue weighted by Gasteiger charge is 2.42. The van der Waals surface area contributed by atoms with Crippen LogP contribution in [0.4, 0.5) is 0 Å². The average molecular weight is 216 g/mol. The Bertz CT molecular complexity index is 236. The highest BCUT2D eigenvalue weighted by atomic mass is 14.3. The Morgan fingerprint density at radius 2 is 1.44 bits per heavy atom. The third kappa shape index (κ3) is 2.10. The van der Waals surface area contributed by atoms with Crippen molar-refractivity contribution >= 4 is 6.71 Å². The Labute approximate surface area is 101 Å². The van der Waals surface area contributed by atoms with E-state index in [9.17, 15) is 0 Å². The minimum Gasteiger partial charge on any atom is -0.0926 e. The predicted molar refractivity (Wildman–Crippen MR) is 72.3 cm³/mol. The molecule has 0 amide bonds. The fourth-order valence-electron chi connectivity index (χ4n) is 4.76. The van der Waals surface area contributed by atoms with Crippen molar-refractivity contribution in [2.75, 3.05) is 0 Å². The molecule has 2 aliphatic heterocycles. The third-order valence-electron chi connectivity index (χ3n) is 5.42. The lowest BCUT2D eigenvalue weighted by atomic mass is 9.22. The summed E-state index contributed by atoms with van der Waals surface area (Å²) in [5.41, 5.74) is 0. The number of rotatable bonds is 1. The SMILES string of the molecule is C1=CC(B2C3CCCC2CCC3)CCCC1. The third-order valence-corrected chi connectivity index (χ3v) is 5.42. The van der Waals surface area contributed by atoms with Gasteiger partial charge in [0.05, 0.1) is 0 Å². The van der Waals surface area contributed by atoms with E-state index in [1.54, 1.807) is 25.7 Å². The minimum absolute atomic E-state index is 0.957. The van der Waals surface area contributed by atoms with Crippen LogP contribution in [0, 0.1) is 0 Å². The minimum atomic E-state index is 0.957. The molecular weight excluding hydrogens is 191 g/mol. The lowest BCUT2D eigenvalue weighted by Gasteiger charge is -2.43. The molecule has 2 saturated heterocycles. The monoisotopic (exact) mass is 216 g/mol. The van der Waals surface area contributed by atoms with Gasteiger partial charge in [0.25, 0.3) is 0 Å². The van der Waals surface area contributed by atoms with Crippen LogP contribution in [0.15, 0.2) is 12.2 Å². The topological polar surface area (TPSA) is 0 Å². The molecule has 1 unspecified atom stereocenters. The first kappa shape index (κ1) is 10.9. The highest BCUT2D eigenvalue weighted by Crippen LogP contribution is 2.51. The summed E-state index contributed by atoms with van der Waals surface area (Å²) in [7, 11) is 0. The molecule has 0 N–H and O–H groups in total. The van der Waals surface area contributed by atoms with Gasteiger partial charge in [0.2, 0.25) is 0 Å². The van der Waals surface area contributed by atoms with E-state index in [1.165, 1.54) is 38.5 Å². The molecule has 0 spiro atoms. The zero-order chi connectivity index (χ0) is 10.8. The number of fused-ring (bicyclic) bond motifs is 2. The molecule has 0 aromatic carbocycles. The van der Waals surface area contributed by atoms with E-state index < -0.39 is 0 Å². The lowest BCUT2D eigenvalue weighted by Crippen LogP contribution is -2.37. The normalized spacial score (nSPS) is 39.5. The molecular formula is C15H25B. The Kier molecular flexibility index (Phi) is 3.40. The fraction of sp³-hybridized carbons (Fsp3) is 0.867. The van der Waals surface area contributed by atoms with Crippen LogP contribution in [0.1, 0.15) is 64.2 Å². The molecule has 2 heterocycles. The van der Waals surface area contributed by atoms with Gasteiger partial charge in [-0.05, 0) is 18.7 Å². The number of hydrogen-bond acceptors (Lipinski definition) is 0. The molecule has 0 nitrogen and oxygen atoms in total. The van der Waals surface area contributed by atoms with Crippen LogP contribution in [-0.4, -0.2) is 6.71 Å². The van der Waals surface area contributed by atoms with Gasteiger partial charge in [-0.25, -0.2) is 0 Å². The highest BCUT2D eigenvalue weighted by molar-refractivity contribution is 6.64. The van der Waals surface area contributed by atoms with Crippen molar-refractivity contribution in [2.45, 2.75) is 81.7 Å². The second kappa shape index (κ2) is 4.98. The molecule has 0 saturated carbocycles. The van der Waals surface area contributed by atoms with Gasteiger partial charge in [-0.15, -0.1) is 0 Å². The molecule has 0 aromatic heterocycles. The first-order chi connectivity index (χ1) is 7.95. The smallest absolute Gasteiger partial charge is 0.0926 e. The van der Waals surface area contributed by atoms with Crippen LogP contribution in [0.3, 0.4) is 0 Å². The number of allylic oxidation sites excluding steroid dienone is 2. The van der Waals surface area contributed by atoms with Crippen LogP contribution in [-0.2, 0) is 0 Å². The quantitative estimate of drug-likeness (QED) is 0.423. The maximum absolute atomic E-state index is 2.61. The van der Waals surface area contributed by atoms with E-state index in [4.69, 9.17) is 0 Å². The molecule has 3 aliphatic rings. The van der Waals surface area contributed by atoms with Crippen molar-refractivity contribution < 1.29 is 0 Å². The summed E-state index contributed by atoms with van der Waals surface area (Å²) in [6, 6.07) is 0. The zero-order valence-corrected chi connectivity index (χ0v) is 10.5. The summed E-state index contributed by atoms with van der Waals surface area (Å²) in [4.78, 5) is 0. The summed E-state index contributed by atoms with van der Waals surface area (Å²) >= 11 is 0. The van der Waals surface area contributed by atoms with E-state index in [0.717, 1.165) is 24.2 Å². The van der Waals surface area contributed by atoms with Crippen LogP contribution in [0.25, 0.3) is 0 Å². The second-order valence-electron chi connectivity index (χ2n) is 6.34. The summed E-state index contributed by atoms with van der Waals surface area (Å²) in [5.74, 6) is 3.15. The first-order valence-electron chi connectivity index (χ1n) is 7.62. The van der Waals surface area contributed by atoms with Crippen LogP contribution < -0.4 is 0 Å². The Morgan fingerprint density at radius 3 is 2.12 bits per heavy atom.